The van der Waals surface area contributed by atoms with Crippen molar-refractivity contribution in [2.24, 2.45) is 11.8 Å². The smallest absolute Gasteiger partial charge is 0.122 e. The summed E-state index contributed by atoms with van der Waals surface area (Å²) in [5, 5.41) is 0. The van der Waals surface area contributed by atoms with Crippen molar-refractivity contribution in [3.8, 4) is 5.75 Å². The number of hydrogen-bond acceptors (Lipinski definition) is 2. The van der Waals surface area contributed by atoms with Crippen molar-refractivity contribution in [3.05, 3.63) is 29.3 Å². The van der Waals surface area contributed by atoms with Crippen LogP contribution in [0.2, 0.25) is 0 Å². The molecular formula is C15H19BrO2. The summed E-state index contributed by atoms with van der Waals surface area (Å²) in [5.41, 5.74) is 2.75. The first kappa shape index (κ1) is 12.5. The quantitative estimate of drug-likeness (QED) is 0.775. The molecule has 1 saturated heterocycles. The lowest BCUT2D eigenvalue weighted by Crippen LogP contribution is -2.28. The molecule has 2 aliphatic rings. The molecule has 3 atom stereocenters. The molecule has 0 aromatic heterocycles. The zero-order chi connectivity index (χ0) is 12.5. The van der Waals surface area contributed by atoms with Gasteiger partial charge in [-0.25, -0.2) is 0 Å². The van der Waals surface area contributed by atoms with Crippen LogP contribution in [0.25, 0.3) is 0 Å². The van der Waals surface area contributed by atoms with Crippen LogP contribution in [0.15, 0.2) is 18.2 Å². The van der Waals surface area contributed by atoms with Crippen molar-refractivity contribution in [1.82, 2.24) is 0 Å². The van der Waals surface area contributed by atoms with E-state index in [0.717, 1.165) is 38.4 Å². The zero-order valence-electron chi connectivity index (χ0n) is 10.7. The second-order valence-electron chi connectivity index (χ2n) is 5.37. The number of halogens is 1. The molecule has 98 valence electrons. The average molecular weight is 311 g/mol. The molecule has 0 N–H and O–H groups in total. The Balaban J connectivity index is 1.81. The first-order valence-electron chi connectivity index (χ1n) is 6.73. The largest absolute Gasteiger partial charge is 0.493 e. The topological polar surface area (TPSA) is 18.5 Å². The lowest BCUT2D eigenvalue weighted by Gasteiger charge is -2.32. The molecule has 0 bridgehead atoms. The molecule has 3 rings (SSSR count). The maximum Gasteiger partial charge on any atom is 0.122 e. The number of alkyl halides is 1. The second-order valence-corrected chi connectivity index (χ2v) is 6.36. The Morgan fingerprint density at radius 1 is 1.33 bits per heavy atom. The number of benzene rings is 1. The second kappa shape index (κ2) is 5.22. The van der Waals surface area contributed by atoms with Crippen LogP contribution < -0.4 is 4.74 Å². The van der Waals surface area contributed by atoms with E-state index in [1.54, 1.807) is 0 Å². The Morgan fingerprint density at radius 3 is 3.06 bits per heavy atom. The Kier molecular flexibility index (Phi) is 3.62. The van der Waals surface area contributed by atoms with Crippen molar-refractivity contribution < 1.29 is 9.47 Å². The third-order valence-corrected chi connectivity index (χ3v) is 5.32. The van der Waals surface area contributed by atoms with E-state index in [4.69, 9.17) is 9.47 Å². The van der Waals surface area contributed by atoms with Gasteiger partial charge in [-0.05, 0) is 35.4 Å². The van der Waals surface area contributed by atoms with Crippen LogP contribution in [0.4, 0.5) is 0 Å². The number of ether oxygens (including phenoxy) is 2. The lowest BCUT2D eigenvalue weighted by atomic mass is 9.84. The van der Waals surface area contributed by atoms with Crippen molar-refractivity contribution in [2.75, 3.05) is 19.8 Å². The lowest BCUT2D eigenvalue weighted by molar-refractivity contribution is 0.0241. The maximum absolute atomic E-state index is 5.56. The Hall–Kier alpha value is -0.540. The maximum atomic E-state index is 5.56. The monoisotopic (exact) mass is 310 g/mol. The molecule has 3 heteroatoms. The summed E-state index contributed by atoms with van der Waals surface area (Å²) in [6.45, 7) is 4.90. The first-order chi connectivity index (χ1) is 8.75. The van der Waals surface area contributed by atoms with Gasteiger partial charge in [0.1, 0.15) is 5.75 Å². The van der Waals surface area contributed by atoms with Gasteiger partial charge in [-0.1, -0.05) is 35.0 Å². The Bertz CT molecular complexity index is 433. The first-order valence-corrected chi connectivity index (χ1v) is 7.64. The molecule has 0 saturated carbocycles. The van der Waals surface area contributed by atoms with Crippen LogP contribution in [0.3, 0.4) is 0 Å². The highest BCUT2D eigenvalue weighted by Gasteiger charge is 2.29. The van der Waals surface area contributed by atoms with Crippen LogP contribution in [0.1, 0.15) is 29.3 Å². The van der Waals surface area contributed by atoms with Gasteiger partial charge in [0.15, 0.2) is 0 Å². The molecule has 2 nitrogen and oxygen atoms in total. The van der Waals surface area contributed by atoms with Crippen LogP contribution in [0, 0.1) is 11.8 Å². The van der Waals surface area contributed by atoms with Crippen molar-refractivity contribution in [1.29, 1.82) is 0 Å². The van der Waals surface area contributed by atoms with E-state index in [9.17, 15) is 0 Å². The summed E-state index contributed by atoms with van der Waals surface area (Å²) in [4.78, 5) is 0.433. The molecule has 1 fully saturated rings. The summed E-state index contributed by atoms with van der Waals surface area (Å²) < 4.78 is 11.1. The van der Waals surface area contributed by atoms with Gasteiger partial charge in [0.2, 0.25) is 0 Å². The fourth-order valence-electron chi connectivity index (χ4n) is 2.96. The van der Waals surface area contributed by atoms with Gasteiger partial charge in [0.25, 0.3) is 0 Å². The minimum Gasteiger partial charge on any atom is -0.493 e. The highest BCUT2D eigenvalue weighted by atomic mass is 79.9. The van der Waals surface area contributed by atoms with Gasteiger partial charge in [0.05, 0.1) is 6.61 Å². The van der Waals surface area contributed by atoms with Gasteiger partial charge in [-0.2, -0.15) is 0 Å². The van der Waals surface area contributed by atoms with Crippen LogP contribution in [0.5, 0.6) is 5.75 Å². The van der Waals surface area contributed by atoms with Crippen LogP contribution in [-0.2, 0) is 11.2 Å². The van der Waals surface area contributed by atoms with Crippen LogP contribution >= 0.6 is 15.9 Å². The summed E-state index contributed by atoms with van der Waals surface area (Å²) in [5.74, 6) is 2.35. The molecule has 0 radical (unpaired) electrons. The van der Waals surface area contributed by atoms with E-state index in [0.29, 0.717) is 16.7 Å². The van der Waals surface area contributed by atoms with Gasteiger partial charge >= 0.3 is 0 Å². The standard InChI is InChI=1S/C15H19BrO2/c1-10-9-17-6-5-13(10)15(16)12-2-3-14-11(8-12)4-7-18-14/h2-3,8,10,13,15H,4-7,9H2,1H3. The van der Waals surface area contributed by atoms with Crippen LogP contribution in [-0.4, -0.2) is 19.8 Å². The fraction of sp³-hybridized carbons (Fsp3) is 0.600. The van der Waals surface area contributed by atoms with E-state index in [-0.39, 0.29) is 0 Å². The molecule has 2 heterocycles. The number of fused-ring (bicyclic) bond motifs is 1. The summed E-state index contributed by atoms with van der Waals surface area (Å²) >= 11 is 3.90. The molecule has 0 amide bonds. The van der Waals surface area contributed by atoms with E-state index < -0.39 is 0 Å². The normalized spacial score (nSPS) is 28.6. The predicted octanol–water partition coefficient (Wildman–Crippen LogP) is 3.73. The summed E-state index contributed by atoms with van der Waals surface area (Å²) in [6, 6.07) is 6.63. The molecule has 0 aliphatic carbocycles. The molecule has 1 aromatic rings. The Labute approximate surface area is 117 Å². The zero-order valence-corrected chi connectivity index (χ0v) is 12.3. The average Bonchev–Trinajstić information content (AvgIpc) is 2.85. The molecule has 3 unspecified atom stereocenters. The van der Waals surface area contributed by atoms with E-state index >= 15 is 0 Å². The molecule has 0 spiro atoms. The molecule has 2 aliphatic heterocycles. The minimum atomic E-state index is 0.433. The summed E-state index contributed by atoms with van der Waals surface area (Å²) in [6.07, 6.45) is 2.19. The third-order valence-electron chi connectivity index (χ3n) is 4.12. The minimum absolute atomic E-state index is 0.433. The summed E-state index contributed by atoms with van der Waals surface area (Å²) in [7, 11) is 0. The number of hydrogen-bond donors (Lipinski definition) is 0. The SMILES string of the molecule is CC1COCCC1C(Br)c1ccc2c(c1)CCO2. The number of rotatable bonds is 2. The molecule has 1 aromatic carbocycles. The Morgan fingerprint density at radius 2 is 2.22 bits per heavy atom. The highest BCUT2D eigenvalue weighted by molar-refractivity contribution is 9.09. The highest BCUT2D eigenvalue weighted by Crippen LogP contribution is 2.41. The van der Waals surface area contributed by atoms with E-state index in [1.807, 2.05) is 0 Å². The third kappa shape index (κ3) is 2.30. The van der Waals surface area contributed by atoms with Gasteiger partial charge in [0, 0.05) is 24.5 Å². The molecule has 18 heavy (non-hydrogen) atoms. The van der Waals surface area contributed by atoms with Gasteiger partial charge in [-0.3, -0.25) is 0 Å². The van der Waals surface area contributed by atoms with Crippen molar-refractivity contribution in [3.63, 3.8) is 0 Å². The van der Waals surface area contributed by atoms with Gasteiger partial charge < -0.3 is 9.47 Å². The van der Waals surface area contributed by atoms with E-state index in [2.05, 4.69) is 41.1 Å². The molecular weight excluding hydrogens is 292 g/mol. The van der Waals surface area contributed by atoms with Crippen molar-refractivity contribution in [2.45, 2.75) is 24.6 Å². The van der Waals surface area contributed by atoms with E-state index in [1.165, 1.54) is 11.1 Å². The van der Waals surface area contributed by atoms with Crippen molar-refractivity contribution >= 4 is 15.9 Å². The van der Waals surface area contributed by atoms with Gasteiger partial charge in [-0.15, -0.1) is 0 Å². The fourth-order valence-corrected chi connectivity index (χ4v) is 4.03. The predicted molar refractivity (Wildman–Crippen MR) is 75.4 cm³/mol.